The lowest BCUT2D eigenvalue weighted by Crippen LogP contribution is -2.37. The fraction of sp³-hybridized carbons (Fsp3) is 0.280. The molecule has 1 aliphatic heterocycles. The highest BCUT2D eigenvalue weighted by Gasteiger charge is 2.35. The van der Waals surface area contributed by atoms with E-state index in [9.17, 15) is 0 Å². The average molecular weight is 678 g/mol. The molecule has 0 amide bonds. The quantitative estimate of drug-likeness (QED) is 0.188. The van der Waals surface area contributed by atoms with Crippen molar-refractivity contribution in [2.24, 2.45) is 5.92 Å². The molecule has 5 aliphatic carbocycles. The van der Waals surface area contributed by atoms with Gasteiger partial charge in [0.2, 0.25) is 0 Å². The van der Waals surface area contributed by atoms with E-state index < -0.39 is 0 Å². The molecule has 0 radical (unpaired) electrons. The van der Waals surface area contributed by atoms with E-state index in [1.165, 1.54) is 87.3 Å². The van der Waals surface area contributed by atoms with Crippen LogP contribution in [-0.4, -0.2) is 17.0 Å². The van der Waals surface area contributed by atoms with E-state index in [2.05, 4.69) is 151 Å². The Hall–Kier alpha value is -5.08. The van der Waals surface area contributed by atoms with Gasteiger partial charge in [0.05, 0.1) is 6.04 Å². The van der Waals surface area contributed by atoms with Crippen LogP contribution in [0.4, 0.5) is 0 Å². The van der Waals surface area contributed by atoms with Gasteiger partial charge in [-0.1, -0.05) is 127 Å². The van der Waals surface area contributed by atoms with Crippen LogP contribution in [0, 0.1) is 5.92 Å². The number of benzene rings is 4. The number of ether oxygens (including phenoxy) is 1. The molecule has 0 saturated carbocycles. The molecule has 1 heterocycles. The van der Waals surface area contributed by atoms with Gasteiger partial charge in [-0.05, 0) is 126 Å². The van der Waals surface area contributed by atoms with E-state index in [0.717, 1.165) is 31.4 Å². The van der Waals surface area contributed by atoms with Crippen molar-refractivity contribution in [3.63, 3.8) is 0 Å². The Labute approximate surface area is 308 Å². The molecule has 0 aromatic heterocycles. The van der Waals surface area contributed by atoms with Gasteiger partial charge in [-0.15, -0.1) is 0 Å². The second kappa shape index (κ2) is 13.5. The van der Waals surface area contributed by atoms with E-state index in [-0.39, 0.29) is 12.1 Å². The van der Waals surface area contributed by atoms with Crippen molar-refractivity contribution >= 4 is 27.1 Å². The van der Waals surface area contributed by atoms with Gasteiger partial charge >= 0.3 is 0 Å². The molecular weight excluding hydrogens is 631 g/mol. The zero-order chi connectivity index (χ0) is 34.4. The van der Waals surface area contributed by atoms with Gasteiger partial charge in [0.1, 0.15) is 11.9 Å². The van der Waals surface area contributed by atoms with E-state index in [4.69, 9.17) is 4.74 Å². The number of nitrogens with zero attached hydrogens (tertiary/aromatic N) is 1. The van der Waals surface area contributed by atoms with Crippen LogP contribution in [0.2, 0.25) is 0 Å². The number of hydrogen-bond acceptors (Lipinski definition) is 2. The van der Waals surface area contributed by atoms with Gasteiger partial charge in [0.15, 0.2) is 0 Å². The third-order valence-corrected chi connectivity index (χ3v) is 12.6. The van der Waals surface area contributed by atoms with Crippen LogP contribution >= 0.6 is 0 Å². The summed E-state index contributed by atoms with van der Waals surface area (Å²) in [7, 11) is 0. The summed E-state index contributed by atoms with van der Waals surface area (Å²) in [5.74, 6) is 2.35. The molecule has 5 atom stereocenters. The summed E-state index contributed by atoms with van der Waals surface area (Å²) in [6.07, 6.45) is 39.4. The first-order valence-electron chi connectivity index (χ1n) is 19.8. The van der Waals surface area contributed by atoms with Crippen LogP contribution in [0.25, 0.3) is 27.1 Å². The van der Waals surface area contributed by atoms with Gasteiger partial charge < -0.3 is 9.64 Å². The summed E-state index contributed by atoms with van der Waals surface area (Å²) >= 11 is 0. The maximum Gasteiger partial charge on any atom is 0.128 e. The van der Waals surface area contributed by atoms with Crippen LogP contribution in [0.1, 0.15) is 86.3 Å². The predicted molar refractivity (Wildman–Crippen MR) is 217 cm³/mol. The molecule has 0 spiro atoms. The Morgan fingerprint density at radius 3 is 2.54 bits per heavy atom. The molecule has 0 bridgehead atoms. The Morgan fingerprint density at radius 1 is 0.712 bits per heavy atom. The minimum Gasteiger partial charge on any atom is -0.485 e. The Balaban J connectivity index is 0.976. The minimum atomic E-state index is 0.110. The third-order valence-electron chi connectivity index (χ3n) is 12.6. The average Bonchev–Trinajstić information content (AvgIpc) is 3.61. The maximum atomic E-state index is 6.31. The smallest absolute Gasteiger partial charge is 0.128 e. The molecule has 6 aliphatic rings. The van der Waals surface area contributed by atoms with E-state index in [1.807, 2.05) is 0 Å². The van der Waals surface area contributed by atoms with Crippen molar-refractivity contribution in [3.05, 3.63) is 179 Å². The van der Waals surface area contributed by atoms with Crippen LogP contribution in [0.3, 0.4) is 0 Å². The van der Waals surface area contributed by atoms with Crippen LogP contribution in [0.5, 0.6) is 5.75 Å². The van der Waals surface area contributed by atoms with Crippen molar-refractivity contribution in [2.75, 3.05) is 0 Å². The highest BCUT2D eigenvalue weighted by molar-refractivity contribution is 5.93. The zero-order valence-corrected chi connectivity index (χ0v) is 30.0. The fourth-order valence-electron chi connectivity index (χ4n) is 9.97. The molecule has 0 fully saturated rings. The molecule has 2 nitrogen and oxygen atoms in total. The summed E-state index contributed by atoms with van der Waals surface area (Å²) in [6, 6.07) is 27.5. The standard InChI is InChI=1S/C50H47NO/c1-2-11-34(12-3-1)35-21-27-40(28-22-35)51(47-19-8-6-16-45(47)44-18-10-14-37-13-4-5-15-42(37)44)41-29-23-36(24-30-41)38-25-31-43-39(33-38)26-32-49-50(43)46-17-7-9-20-48(46)52-49/h4-11,13-15,17-20,23-27,29,31-33,35,41,45-46,48H,1-3,12,16,21-22,28,30H2. The van der Waals surface area contributed by atoms with E-state index >= 15 is 0 Å². The number of hydrogen-bond donors (Lipinski definition) is 0. The molecule has 0 saturated heterocycles. The van der Waals surface area contributed by atoms with Gasteiger partial charge in [-0.3, -0.25) is 0 Å². The van der Waals surface area contributed by atoms with E-state index in [0.29, 0.717) is 17.8 Å². The highest BCUT2D eigenvalue weighted by atomic mass is 16.5. The number of rotatable bonds is 6. The molecule has 4 aromatic carbocycles. The van der Waals surface area contributed by atoms with Gasteiger partial charge in [0.25, 0.3) is 0 Å². The molecule has 52 heavy (non-hydrogen) atoms. The molecule has 5 unspecified atom stereocenters. The topological polar surface area (TPSA) is 12.5 Å². The second-order valence-electron chi connectivity index (χ2n) is 15.6. The Morgan fingerprint density at radius 2 is 1.65 bits per heavy atom. The molecule has 2 heteroatoms. The van der Waals surface area contributed by atoms with Crippen LogP contribution in [-0.2, 0) is 0 Å². The first kappa shape index (κ1) is 31.6. The number of fused-ring (bicyclic) bond motifs is 6. The summed E-state index contributed by atoms with van der Waals surface area (Å²) in [6.45, 7) is 0. The fourth-order valence-corrected chi connectivity index (χ4v) is 9.97. The summed E-state index contributed by atoms with van der Waals surface area (Å²) in [5.41, 5.74) is 10.1. The third kappa shape index (κ3) is 5.64. The second-order valence-corrected chi connectivity index (χ2v) is 15.6. The lowest BCUT2D eigenvalue weighted by molar-refractivity contribution is 0.269. The monoisotopic (exact) mass is 677 g/mol. The zero-order valence-electron chi connectivity index (χ0n) is 30.0. The highest BCUT2D eigenvalue weighted by Crippen LogP contribution is 2.47. The van der Waals surface area contributed by atoms with Crippen LogP contribution < -0.4 is 4.74 Å². The predicted octanol–water partition coefficient (Wildman–Crippen LogP) is 12.8. The summed E-state index contributed by atoms with van der Waals surface area (Å²) in [4.78, 5) is 2.76. The van der Waals surface area contributed by atoms with Gasteiger partial charge in [-0.25, -0.2) is 0 Å². The van der Waals surface area contributed by atoms with E-state index in [1.54, 1.807) is 5.57 Å². The van der Waals surface area contributed by atoms with Crippen molar-refractivity contribution in [1.82, 2.24) is 4.90 Å². The number of allylic oxidation sites excluding steroid dienone is 12. The molecule has 4 aromatic rings. The molecule has 258 valence electrons. The lowest BCUT2D eigenvalue weighted by Gasteiger charge is -2.42. The minimum absolute atomic E-state index is 0.110. The maximum absolute atomic E-state index is 6.31. The van der Waals surface area contributed by atoms with Crippen molar-refractivity contribution < 1.29 is 4.74 Å². The Kier molecular flexibility index (Phi) is 8.20. The van der Waals surface area contributed by atoms with Gasteiger partial charge in [-0.2, -0.15) is 0 Å². The van der Waals surface area contributed by atoms with Crippen molar-refractivity contribution in [1.29, 1.82) is 0 Å². The van der Waals surface area contributed by atoms with Crippen molar-refractivity contribution in [2.45, 2.75) is 81.8 Å². The molecule has 0 N–H and O–H groups in total. The summed E-state index contributed by atoms with van der Waals surface area (Å²) in [5, 5.41) is 5.29. The first-order chi connectivity index (χ1) is 25.8. The molecular formula is C50H47NO. The van der Waals surface area contributed by atoms with Crippen LogP contribution in [0.15, 0.2) is 163 Å². The van der Waals surface area contributed by atoms with Gasteiger partial charge in [0, 0.05) is 28.8 Å². The SMILES string of the molecule is C1=CCC(c2cccc3ccccc23)C(N(C2=CCC(C3=CCCCC3)CC2)C2C=CC(c3ccc4c5c(ccc4c3)OC3C=CC=CC53)=CC2)=C1. The largest absolute Gasteiger partial charge is 0.485 e. The molecule has 10 rings (SSSR count). The first-order valence-corrected chi connectivity index (χ1v) is 19.8. The summed E-state index contributed by atoms with van der Waals surface area (Å²) < 4.78 is 6.31. The Bertz CT molecular complexity index is 2300. The normalized spacial score (nSPS) is 26.3. The van der Waals surface area contributed by atoms with Crippen molar-refractivity contribution in [3.8, 4) is 5.75 Å². The lowest BCUT2D eigenvalue weighted by atomic mass is 9.80.